The van der Waals surface area contributed by atoms with Crippen LogP contribution >= 0.6 is 11.8 Å². The number of alkyl halides is 2. The predicted molar refractivity (Wildman–Crippen MR) is 136 cm³/mol. The fraction of sp³-hybridized carbons (Fsp3) is 0.125. The number of nitrogens with zero attached hydrogens (tertiary/aromatic N) is 2. The van der Waals surface area contributed by atoms with Gasteiger partial charge in [-0.2, -0.15) is 8.78 Å². The number of nitrogens with one attached hydrogen (secondary N) is 1. The average Bonchev–Trinajstić information content (AvgIpc) is 2.84. The molecule has 0 fully saturated rings. The number of benzene rings is 3. The van der Waals surface area contributed by atoms with Gasteiger partial charge in [-0.25, -0.2) is 18.5 Å². The number of rotatable bonds is 8. The molecule has 0 aliphatic heterocycles. The van der Waals surface area contributed by atoms with Crippen molar-refractivity contribution >= 4 is 44.3 Å². The minimum absolute atomic E-state index is 0.0732. The number of thioether (sulfide) groups is 1. The van der Waals surface area contributed by atoms with E-state index in [4.69, 9.17) is 5.14 Å². The molecule has 1 heterocycles. The summed E-state index contributed by atoms with van der Waals surface area (Å²) in [7, 11) is -3.87. The molecule has 3 aromatic carbocycles. The molecule has 37 heavy (non-hydrogen) atoms. The first-order valence-corrected chi connectivity index (χ1v) is 13.1. The predicted octanol–water partition coefficient (Wildman–Crippen LogP) is 3.75. The molecule has 4 aromatic rings. The standard InChI is InChI=1S/C24H20F2N4O5S2/c1-14(21(31)28-15-6-12-18(13-7-15)37(27,33)34)36-24-29-20-5-3-2-4-19(20)22(32)30(24)16-8-10-17(11-9-16)35-23(25)26/h2-14,23H,1H3,(H,28,31)(H2,27,33,34). The van der Waals surface area contributed by atoms with E-state index in [0.717, 1.165) is 11.8 Å². The molecule has 192 valence electrons. The minimum Gasteiger partial charge on any atom is -0.435 e. The summed E-state index contributed by atoms with van der Waals surface area (Å²) >= 11 is 1.02. The van der Waals surface area contributed by atoms with Crippen LogP contribution in [0.3, 0.4) is 0 Å². The van der Waals surface area contributed by atoms with Gasteiger partial charge in [-0.05, 0) is 67.6 Å². The Hall–Kier alpha value is -3.81. The highest BCUT2D eigenvalue weighted by atomic mass is 32.2. The van der Waals surface area contributed by atoms with Crippen molar-refractivity contribution in [2.24, 2.45) is 5.14 Å². The Balaban J connectivity index is 1.64. The Bertz CT molecular complexity index is 1610. The number of fused-ring (bicyclic) bond motifs is 1. The van der Waals surface area contributed by atoms with Crippen LogP contribution in [0.15, 0.2) is 87.6 Å². The van der Waals surface area contributed by atoms with Gasteiger partial charge in [0.2, 0.25) is 15.9 Å². The summed E-state index contributed by atoms with van der Waals surface area (Å²) in [6.07, 6.45) is 0. The Morgan fingerprint density at radius 1 is 1.05 bits per heavy atom. The molecular weight excluding hydrogens is 526 g/mol. The fourth-order valence-electron chi connectivity index (χ4n) is 3.38. The number of amides is 1. The fourth-order valence-corrected chi connectivity index (χ4v) is 4.82. The number of halogens is 2. The van der Waals surface area contributed by atoms with Crippen LogP contribution in [-0.4, -0.2) is 35.7 Å². The van der Waals surface area contributed by atoms with Gasteiger partial charge in [0.05, 0.1) is 26.7 Å². The molecule has 0 radical (unpaired) electrons. The van der Waals surface area contributed by atoms with Gasteiger partial charge in [-0.3, -0.25) is 14.2 Å². The lowest BCUT2D eigenvalue weighted by Gasteiger charge is -2.17. The number of aromatic nitrogens is 2. The molecule has 0 aliphatic rings. The topological polar surface area (TPSA) is 133 Å². The van der Waals surface area contributed by atoms with Crippen LogP contribution < -0.4 is 20.8 Å². The van der Waals surface area contributed by atoms with Gasteiger partial charge in [0.1, 0.15) is 5.75 Å². The quantitative estimate of drug-likeness (QED) is 0.254. The smallest absolute Gasteiger partial charge is 0.387 e. The maximum atomic E-state index is 13.4. The summed E-state index contributed by atoms with van der Waals surface area (Å²) in [5, 5.41) is 7.58. The molecule has 4 rings (SSSR count). The summed E-state index contributed by atoms with van der Waals surface area (Å²) in [6, 6.07) is 17.6. The number of primary sulfonamides is 1. The molecule has 1 amide bonds. The number of sulfonamides is 1. The first-order chi connectivity index (χ1) is 17.5. The Morgan fingerprint density at radius 3 is 2.32 bits per heavy atom. The molecule has 0 saturated heterocycles. The van der Waals surface area contributed by atoms with E-state index in [9.17, 15) is 26.8 Å². The summed E-state index contributed by atoms with van der Waals surface area (Å²) in [6.45, 7) is -1.37. The molecule has 1 unspecified atom stereocenters. The third-order valence-corrected chi connectivity index (χ3v) is 7.15. The highest BCUT2D eigenvalue weighted by Gasteiger charge is 2.21. The van der Waals surface area contributed by atoms with Crippen LogP contribution in [0, 0.1) is 0 Å². The molecule has 9 nitrogen and oxygen atoms in total. The van der Waals surface area contributed by atoms with Crippen LogP contribution in [0.4, 0.5) is 14.5 Å². The molecule has 1 aromatic heterocycles. The van der Waals surface area contributed by atoms with Crippen LogP contribution in [0.2, 0.25) is 0 Å². The molecule has 0 bridgehead atoms. The first kappa shape index (κ1) is 26.3. The van der Waals surface area contributed by atoms with Gasteiger partial charge in [0.25, 0.3) is 5.56 Å². The summed E-state index contributed by atoms with van der Waals surface area (Å²) in [4.78, 5) is 30.7. The zero-order valence-electron chi connectivity index (χ0n) is 19.2. The second-order valence-electron chi connectivity index (χ2n) is 7.74. The maximum absolute atomic E-state index is 13.4. The normalized spacial score (nSPS) is 12.5. The van der Waals surface area contributed by atoms with E-state index >= 15 is 0 Å². The third kappa shape index (κ3) is 6.13. The second-order valence-corrected chi connectivity index (χ2v) is 10.6. The van der Waals surface area contributed by atoms with Crippen molar-refractivity contribution in [3.8, 4) is 11.4 Å². The zero-order valence-corrected chi connectivity index (χ0v) is 20.8. The van der Waals surface area contributed by atoms with Crippen LogP contribution in [0.5, 0.6) is 5.75 Å². The number of carbonyl (C=O) groups is 1. The number of hydrogen-bond acceptors (Lipinski definition) is 7. The van der Waals surface area contributed by atoms with Gasteiger partial charge in [0, 0.05) is 5.69 Å². The molecular formula is C24H20F2N4O5S2. The lowest BCUT2D eigenvalue weighted by atomic mass is 10.2. The second kappa shape index (κ2) is 10.7. The highest BCUT2D eigenvalue weighted by Crippen LogP contribution is 2.27. The number of ether oxygens (including phenoxy) is 1. The van der Waals surface area contributed by atoms with Crippen molar-refractivity contribution in [3.05, 3.63) is 83.2 Å². The van der Waals surface area contributed by atoms with Gasteiger partial charge in [0.15, 0.2) is 5.16 Å². The number of carbonyl (C=O) groups excluding carboxylic acids is 1. The molecule has 0 saturated carbocycles. The van der Waals surface area contributed by atoms with Gasteiger partial charge >= 0.3 is 6.61 Å². The van der Waals surface area contributed by atoms with E-state index in [2.05, 4.69) is 15.0 Å². The highest BCUT2D eigenvalue weighted by molar-refractivity contribution is 8.00. The minimum atomic E-state index is -3.87. The van der Waals surface area contributed by atoms with Crippen LogP contribution in [0.25, 0.3) is 16.6 Å². The number of hydrogen-bond donors (Lipinski definition) is 2. The van der Waals surface area contributed by atoms with E-state index in [1.165, 1.54) is 53.1 Å². The Kier molecular flexibility index (Phi) is 7.57. The largest absolute Gasteiger partial charge is 0.435 e. The number of para-hydroxylation sites is 1. The van der Waals surface area contributed by atoms with Crippen molar-refractivity contribution in [1.82, 2.24) is 9.55 Å². The average molecular weight is 547 g/mol. The first-order valence-electron chi connectivity index (χ1n) is 10.7. The van der Waals surface area contributed by atoms with E-state index in [0.29, 0.717) is 22.3 Å². The van der Waals surface area contributed by atoms with E-state index < -0.39 is 33.4 Å². The molecule has 13 heteroatoms. The lowest BCUT2D eigenvalue weighted by molar-refractivity contribution is -0.115. The van der Waals surface area contributed by atoms with E-state index in [1.807, 2.05) is 0 Å². The van der Waals surface area contributed by atoms with Crippen molar-refractivity contribution in [1.29, 1.82) is 0 Å². The van der Waals surface area contributed by atoms with Crippen molar-refractivity contribution in [2.75, 3.05) is 5.32 Å². The van der Waals surface area contributed by atoms with Crippen LogP contribution in [0.1, 0.15) is 6.92 Å². The summed E-state index contributed by atoms with van der Waals surface area (Å²) < 4.78 is 53.6. The molecule has 3 N–H and O–H groups in total. The number of anilines is 1. The lowest BCUT2D eigenvalue weighted by Crippen LogP contribution is -2.26. The number of nitrogens with two attached hydrogens (primary N) is 1. The SMILES string of the molecule is CC(Sc1nc2ccccc2c(=O)n1-c1ccc(OC(F)F)cc1)C(=O)Nc1ccc(S(N)(=O)=O)cc1. The van der Waals surface area contributed by atoms with E-state index in [-0.39, 0.29) is 15.8 Å². The van der Waals surface area contributed by atoms with Gasteiger partial charge in [-0.1, -0.05) is 23.9 Å². The molecule has 0 spiro atoms. The Morgan fingerprint density at radius 2 is 1.70 bits per heavy atom. The van der Waals surface area contributed by atoms with Crippen molar-refractivity contribution in [3.63, 3.8) is 0 Å². The third-order valence-electron chi connectivity index (χ3n) is 5.17. The van der Waals surface area contributed by atoms with Crippen molar-refractivity contribution < 1.29 is 26.7 Å². The molecule has 1 atom stereocenters. The monoisotopic (exact) mass is 546 g/mol. The summed E-state index contributed by atoms with van der Waals surface area (Å²) in [5.41, 5.74) is 0.721. The summed E-state index contributed by atoms with van der Waals surface area (Å²) in [5.74, 6) is -0.501. The van der Waals surface area contributed by atoms with Gasteiger partial charge in [-0.15, -0.1) is 0 Å². The zero-order chi connectivity index (χ0) is 26.7. The molecule has 0 aliphatic carbocycles. The van der Waals surface area contributed by atoms with E-state index in [1.54, 1.807) is 31.2 Å². The van der Waals surface area contributed by atoms with Crippen LogP contribution in [-0.2, 0) is 14.8 Å². The van der Waals surface area contributed by atoms with Gasteiger partial charge < -0.3 is 10.1 Å². The van der Waals surface area contributed by atoms with Crippen molar-refractivity contribution in [2.45, 2.75) is 28.8 Å². The Labute approximate surface area is 214 Å². The maximum Gasteiger partial charge on any atom is 0.387 e.